The van der Waals surface area contributed by atoms with Crippen molar-refractivity contribution in [1.29, 1.82) is 0 Å². The molecular weight excluding hydrogens is 234 g/mol. The Morgan fingerprint density at radius 1 is 1.39 bits per heavy atom. The second-order valence-corrected chi connectivity index (χ2v) is 4.38. The van der Waals surface area contributed by atoms with Crippen LogP contribution in [0.5, 0.6) is 11.5 Å². The predicted molar refractivity (Wildman–Crippen MR) is 65.7 cm³/mol. The maximum absolute atomic E-state index is 11.7. The minimum absolute atomic E-state index is 0.231. The van der Waals surface area contributed by atoms with Crippen molar-refractivity contribution in [2.24, 2.45) is 0 Å². The summed E-state index contributed by atoms with van der Waals surface area (Å²) < 4.78 is 5.45. The molecule has 1 aliphatic heterocycles. The number of phenolic OH excluding ortho intramolecular Hbond substituents is 2. The number of hydrogen-bond acceptors (Lipinski definition) is 4. The van der Waals surface area contributed by atoms with Gasteiger partial charge >= 0.3 is 0 Å². The van der Waals surface area contributed by atoms with Crippen LogP contribution in [0.3, 0.4) is 0 Å². The van der Waals surface area contributed by atoms with Crippen LogP contribution in [0.4, 0.5) is 0 Å². The molecule has 0 radical (unpaired) electrons. The fourth-order valence-electron chi connectivity index (χ4n) is 1.99. The summed E-state index contributed by atoms with van der Waals surface area (Å²) in [5.74, 6) is -0.782. The Balaban J connectivity index is 1.81. The Morgan fingerprint density at radius 2 is 2.22 bits per heavy atom. The van der Waals surface area contributed by atoms with Gasteiger partial charge in [-0.25, -0.2) is 0 Å². The average Bonchev–Trinajstić information content (AvgIpc) is 2.85. The number of ether oxygens (including phenoxy) is 1. The maximum atomic E-state index is 11.7. The number of amides is 1. The molecular formula is C13H17NO4. The number of rotatable bonds is 4. The highest BCUT2D eigenvalue weighted by molar-refractivity contribution is 5.94. The molecule has 18 heavy (non-hydrogen) atoms. The first-order valence-electron chi connectivity index (χ1n) is 6.08. The summed E-state index contributed by atoms with van der Waals surface area (Å²) in [5.41, 5.74) is 0.331. The molecule has 0 aliphatic carbocycles. The standard InChI is InChI=1S/C13H17NO4/c15-11-4-3-9(8-12(11)16)13(17)14-6-5-10-2-1-7-18-10/h3-4,8,10,15-16H,1-2,5-7H2,(H,14,17). The van der Waals surface area contributed by atoms with Gasteiger partial charge in [0.05, 0.1) is 6.10 Å². The highest BCUT2D eigenvalue weighted by atomic mass is 16.5. The first kappa shape index (κ1) is 12.7. The van der Waals surface area contributed by atoms with Crippen LogP contribution in [0.2, 0.25) is 0 Å². The van der Waals surface area contributed by atoms with Crippen molar-refractivity contribution in [3.05, 3.63) is 23.8 Å². The first-order valence-corrected chi connectivity index (χ1v) is 6.08. The molecule has 3 N–H and O–H groups in total. The zero-order valence-electron chi connectivity index (χ0n) is 10.1. The molecule has 0 aromatic heterocycles. The van der Waals surface area contributed by atoms with Gasteiger partial charge in [0.25, 0.3) is 5.91 Å². The predicted octanol–water partition coefficient (Wildman–Crippen LogP) is 1.40. The number of hydrogen-bond donors (Lipinski definition) is 3. The van der Waals surface area contributed by atoms with E-state index in [9.17, 15) is 9.90 Å². The van der Waals surface area contributed by atoms with Gasteiger partial charge in [-0.05, 0) is 37.5 Å². The third kappa shape index (κ3) is 3.13. The number of carbonyl (C=O) groups excluding carboxylic acids is 1. The summed E-state index contributed by atoms with van der Waals surface area (Å²) >= 11 is 0. The Labute approximate surface area is 105 Å². The Bertz CT molecular complexity index is 427. The van der Waals surface area contributed by atoms with Gasteiger partial charge in [-0.1, -0.05) is 0 Å². The Kier molecular flexibility index (Phi) is 4.04. The van der Waals surface area contributed by atoms with E-state index in [4.69, 9.17) is 9.84 Å². The van der Waals surface area contributed by atoms with Crippen molar-refractivity contribution in [1.82, 2.24) is 5.32 Å². The second kappa shape index (κ2) is 5.73. The first-order chi connectivity index (χ1) is 8.66. The molecule has 0 bridgehead atoms. The molecule has 1 heterocycles. The monoisotopic (exact) mass is 251 g/mol. The van der Waals surface area contributed by atoms with Gasteiger partial charge in [0, 0.05) is 18.7 Å². The summed E-state index contributed by atoms with van der Waals surface area (Å²) in [6.07, 6.45) is 3.19. The number of nitrogens with one attached hydrogen (secondary N) is 1. The normalized spacial score (nSPS) is 18.8. The molecule has 1 aliphatic rings. The van der Waals surface area contributed by atoms with Gasteiger partial charge in [-0.15, -0.1) is 0 Å². The summed E-state index contributed by atoms with van der Waals surface area (Å²) in [5, 5.41) is 21.2. The van der Waals surface area contributed by atoms with Crippen LogP contribution in [0, 0.1) is 0 Å². The van der Waals surface area contributed by atoms with Crippen molar-refractivity contribution >= 4 is 5.91 Å². The number of benzene rings is 1. The van der Waals surface area contributed by atoms with Gasteiger partial charge in [-0.2, -0.15) is 0 Å². The maximum Gasteiger partial charge on any atom is 0.251 e. The minimum atomic E-state index is -0.290. The molecule has 98 valence electrons. The van der Waals surface area contributed by atoms with E-state index in [1.807, 2.05) is 0 Å². The molecule has 5 heteroatoms. The van der Waals surface area contributed by atoms with Crippen molar-refractivity contribution in [2.75, 3.05) is 13.2 Å². The van der Waals surface area contributed by atoms with Crippen LogP contribution in [-0.4, -0.2) is 35.4 Å². The van der Waals surface area contributed by atoms with Gasteiger partial charge in [0.15, 0.2) is 11.5 Å². The minimum Gasteiger partial charge on any atom is -0.504 e. The van der Waals surface area contributed by atoms with Crippen LogP contribution in [-0.2, 0) is 4.74 Å². The van der Waals surface area contributed by atoms with Crippen LogP contribution in [0.25, 0.3) is 0 Å². The van der Waals surface area contributed by atoms with E-state index in [0.29, 0.717) is 12.1 Å². The average molecular weight is 251 g/mol. The largest absolute Gasteiger partial charge is 0.504 e. The molecule has 5 nitrogen and oxygen atoms in total. The van der Waals surface area contributed by atoms with Crippen molar-refractivity contribution < 1.29 is 19.7 Å². The highest BCUT2D eigenvalue weighted by Gasteiger charge is 2.15. The van der Waals surface area contributed by atoms with E-state index in [2.05, 4.69) is 5.32 Å². The smallest absolute Gasteiger partial charge is 0.251 e. The lowest BCUT2D eigenvalue weighted by atomic mass is 10.1. The lowest BCUT2D eigenvalue weighted by molar-refractivity contribution is 0.0907. The summed E-state index contributed by atoms with van der Waals surface area (Å²) in [6.45, 7) is 1.36. The summed E-state index contributed by atoms with van der Waals surface area (Å²) in [6, 6.07) is 4.01. The van der Waals surface area contributed by atoms with Crippen LogP contribution >= 0.6 is 0 Å². The topological polar surface area (TPSA) is 78.8 Å². The fourth-order valence-corrected chi connectivity index (χ4v) is 1.99. The van der Waals surface area contributed by atoms with Gasteiger partial charge in [-0.3, -0.25) is 4.79 Å². The molecule has 1 aromatic carbocycles. The summed E-state index contributed by atoms with van der Waals surface area (Å²) in [7, 11) is 0. The Hall–Kier alpha value is -1.75. The highest BCUT2D eigenvalue weighted by Crippen LogP contribution is 2.24. The third-order valence-electron chi connectivity index (χ3n) is 3.01. The number of phenols is 2. The molecule has 1 aromatic rings. The van der Waals surface area contributed by atoms with Crippen molar-refractivity contribution in [3.63, 3.8) is 0 Å². The molecule has 0 spiro atoms. The van der Waals surface area contributed by atoms with Crippen molar-refractivity contribution in [3.8, 4) is 11.5 Å². The van der Waals surface area contributed by atoms with E-state index in [-0.39, 0.29) is 23.5 Å². The van der Waals surface area contributed by atoms with Crippen molar-refractivity contribution in [2.45, 2.75) is 25.4 Å². The quantitative estimate of drug-likeness (QED) is 0.707. The SMILES string of the molecule is O=C(NCCC1CCCO1)c1ccc(O)c(O)c1. The van der Waals surface area contributed by atoms with Crippen LogP contribution < -0.4 is 5.32 Å². The number of aromatic hydroxyl groups is 2. The molecule has 0 saturated carbocycles. The molecule has 2 rings (SSSR count). The Morgan fingerprint density at radius 3 is 2.89 bits per heavy atom. The van der Waals surface area contributed by atoms with E-state index in [1.165, 1.54) is 18.2 Å². The molecule has 1 amide bonds. The van der Waals surface area contributed by atoms with Gasteiger partial charge < -0.3 is 20.3 Å². The van der Waals surface area contributed by atoms with E-state index >= 15 is 0 Å². The molecule has 1 fully saturated rings. The fraction of sp³-hybridized carbons (Fsp3) is 0.462. The van der Waals surface area contributed by atoms with Crippen LogP contribution in [0.15, 0.2) is 18.2 Å². The zero-order chi connectivity index (χ0) is 13.0. The zero-order valence-corrected chi connectivity index (χ0v) is 10.1. The third-order valence-corrected chi connectivity index (χ3v) is 3.01. The molecule has 1 saturated heterocycles. The van der Waals surface area contributed by atoms with E-state index in [1.54, 1.807) is 0 Å². The number of carbonyl (C=O) groups is 1. The van der Waals surface area contributed by atoms with E-state index in [0.717, 1.165) is 25.9 Å². The van der Waals surface area contributed by atoms with E-state index < -0.39 is 0 Å². The second-order valence-electron chi connectivity index (χ2n) is 4.38. The molecule has 1 atom stereocenters. The summed E-state index contributed by atoms with van der Waals surface area (Å²) in [4.78, 5) is 11.7. The lowest BCUT2D eigenvalue weighted by Crippen LogP contribution is -2.26. The lowest BCUT2D eigenvalue weighted by Gasteiger charge is -2.10. The van der Waals surface area contributed by atoms with Gasteiger partial charge in [0.1, 0.15) is 0 Å². The molecule has 1 unspecified atom stereocenters. The van der Waals surface area contributed by atoms with Crippen LogP contribution in [0.1, 0.15) is 29.6 Å². The van der Waals surface area contributed by atoms with Gasteiger partial charge in [0.2, 0.25) is 0 Å².